The SMILES string of the molecule is N#CC1=C(N)S[C@@H]2C(=O)N(c3ccc(F)cc3)C(=O)[C@@H]2[C@@H]1c1ccco1. The minimum Gasteiger partial charge on any atom is -0.469 e. The van der Waals surface area contributed by atoms with Crippen molar-refractivity contribution in [2.45, 2.75) is 11.2 Å². The number of fused-ring (bicyclic) bond motifs is 1. The van der Waals surface area contributed by atoms with Crippen molar-refractivity contribution >= 4 is 29.3 Å². The molecule has 26 heavy (non-hydrogen) atoms. The molecule has 6 nitrogen and oxygen atoms in total. The van der Waals surface area contributed by atoms with E-state index in [9.17, 15) is 19.2 Å². The van der Waals surface area contributed by atoms with Gasteiger partial charge in [0.1, 0.15) is 16.8 Å². The quantitative estimate of drug-likeness (QED) is 0.817. The van der Waals surface area contributed by atoms with Crippen molar-refractivity contribution in [3.63, 3.8) is 0 Å². The van der Waals surface area contributed by atoms with Crippen LogP contribution in [0.4, 0.5) is 10.1 Å². The van der Waals surface area contributed by atoms with Gasteiger partial charge in [0.15, 0.2) is 0 Å². The molecule has 8 heteroatoms. The Balaban J connectivity index is 1.82. The summed E-state index contributed by atoms with van der Waals surface area (Å²) in [6.07, 6.45) is 1.44. The van der Waals surface area contributed by atoms with E-state index in [1.807, 2.05) is 6.07 Å². The summed E-state index contributed by atoms with van der Waals surface area (Å²) < 4.78 is 18.6. The van der Waals surface area contributed by atoms with Crippen molar-refractivity contribution < 1.29 is 18.4 Å². The molecule has 1 aromatic carbocycles. The largest absolute Gasteiger partial charge is 0.469 e. The van der Waals surface area contributed by atoms with E-state index in [0.717, 1.165) is 16.7 Å². The molecule has 1 aromatic heterocycles. The maximum absolute atomic E-state index is 13.2. The number of nitriles is 1. The molecule has 2 amide bonds. The van der Waals surface area contributed by atoms with Gasteiger partial charge in [-0.3, -0.25) is 9.59 Å². The molecule has 2 N–H and O–H groups in total. The van der Waals surface area contributed by atoms with Gasteiger partial charge in [0.05, 0.1) is 40.5 Å². The highest BCUT2D eigenvalue weighted by Gasteiger charge is 2.56. The second kappa shape index (κ2) is 6.04. The van der Waals surface area contributed by atoms with Crippen LogP contribution in [0.5, 0.6) is 0 Å². The van der Waals surface area contributed by atoms with Gasteiger partial charge in [-0.05, 0) is 36.4 Å². The number of furan rings is 1. The van der Waals surface area contributed by atoms with E-state index in [0.29, 0.717) is 5.76 Å². The molecule has 130 valence electrons. The fourth-order valence-corrected chi connectivity index (χ4v) is 4.60. The molecule has 3 atom stereocenters. The second-order valence-corrected chi connectivity index (χ2v) is 7.12. The molecule has 2 aromatic rings. The molecule has 2 aliphatic heterocycles. The van der Waals surface area contributed by atoms with E-state index >= 15 is 0 Å². The molecule has 1 saturated heterocycles. The highest BCUT2D eigenvalue weighted by Crippen LogP contribution is 2.50. The maximum atomic E-state index is 13.2. The number of nitrogens with two attached hydrogens (primary N) is 1. The van der Waals surface area contributed by atoms with Gasteiger partial charge in [-0.15, -0.1) is 0 Å². The lowest BCUT2D eigenvalue weighted by Gasteiger charge is -2.28. The van der Waals surface area contributed by atoms with Gasteiger partial charge in [-0.2, -0.15) is 5.26 Å². The normalized spacial score (nSPS) is 25.4. The monoisotopic (exact) mass is 369 g/mol. The molecule has 0 saturated carbocycles. The first-order chi connectivity index (χ1) is 12.5. The first-order valence-electron chi connectivity index (χ1n) is 7.76. The Labute approximate surface area is 152 Å². The van der Waals surface area contributed by atoms with Crippen LogP contribution in [-0.2, 0) is 9.59 Å². The summed E-state index contributed by atoms with van der Waals surface area (Å²) in [7, 11) is 0. The number of hydrogen-bond donors (Lipinski definition) is 1. The lowest BCUT2D eigenvalue weighted by molar-refractivity contribution is -0.122. The lowest BCUT2D eigenvalue weighted by atomic mass is 9.82. The number of imide groups is 1. The van der Waals surface area contributed by atoms with Crippen LogP contribution >= 0.6 is 11.8 Å². The molecular weight excluding hydrogens is 357 g/mol. The van der Waals surface area contributed by atoms with Gasteiger partial charge in [-0.1, -0.05) is 11.8 Å². The van der Waals surface area contributed by atoms with Gasteiger partial charge in [0, 0.05) is 0 Å². The fraction of sp³-hybridized carbons (Fsp3) is 0.167. The Hall–Kier alpha value is -3.05. The Morgan fingerprint density at radius 1 is 1.19 bits per heavy atom. The minimum absolute atomic E-state index is 0.206. The van der Waals surface area contributed by atoms with Gasteiger partial charge < -0.3 is 10.2 Å². The van der Waals surface area contributed by atoms with Crippen LogP contribution < -0.4 is 10.6 Å². The standard InChI is InChI=1S/C18H12FN3O3S/c19-9-3-5-10(6-4-9)22-17(23)14-13(12-2-1-7-25-12)11(8-20)16(21)26-15(14)18(22)24/h1-7,13-15H,21H2/t13-,14+,15-/m0/s1. The van der Waals surface area contributed by atoms with Crippen LogP contribution in [0.3, 0.4) is 0 Å². The third-order valence-electron chi connectivity index (χ3n) is 4.54. The summed E-state index contributed by atoms with van der Waals surface area (Å²) in [6, 6.07) is 10.5. The van der Waals surface area contributed by atoms with E-state index in [-0.39, 0.29) is 16.3 Å². The van der Waals surface area contributed by atoms with E-state index in [1.54, 1.807) is 12.1 Å². The first-order valence-corrected chi connectivity index (χ1v) is 8.64. The Kier molecular flexibility index (Phi) is 3.81. The minimum atomic E-state index is -0.814. The summed E-state index contributed by atoms with van der Waals surface area (Å²) >= 11 is 1.01. The predicted octanol–water partition coefficient (Wildman–Crippen LogP) is 2.50. The summed E-state index contributed by atoms with van der Waals surface area (Å²) in [6.45, 7) is 0. The van der Waals surface area contributed by atoms with Crippen molar-refractivity contribution in [3.05, 3.63) is 64.8 Å². The molecule has 2 aliphatic rings. The number of anilines is 1. The molecule has 0 bridgehead atoms. The highest BCUT2D eigenvalue weighted by molar-refractivity contribution is 8.04. The fourth-order valence-electron chi connectivity index (χ4n) is 3.40. The zero-order valence-electron chi connectivity index (χ0n) is 13.3. The molecule has 0 unspecified atom stereocenters. The molecule has 0 radical (unpaired) electrons. The Morgan fingerprint density at radius 2 is 1.92 bits per heavy atom. The maximum Gasteiger partial charge on any atom is 0.248 e. The molecule has 1 fully saturated rings. The van der Waals surface area contributed by atoms with Crippen molar-refractivity contribution in [1.82, 2.24) is 0 Å². The van der Waals surface area contributed by atoms with Crippen molar-refractivity contribution in [2.24, 2.45) is 11.7 Å². The van der Waals surface area contributed by atoms with E-state index in [1.165, 1.54) is 30.5 Å². The number of hydrogen-bond acceptors (Lipinski definition) is 6. The molecule has 0 aliphatic carbocycles. The van der Waals surface area contributed by atoms with E-state index in [4.69, 9.17) is 10.2 Å². The van der Waals surface area contributed by atoms with Crippen LogP contribution in [0.15, 0.2) is 57.7 Å². The Morgan fingerprint density at radius 3 is 2.54 bits per heavy atom. The van der Waals surface area contributed by atoms with Gasteiger partial charge >= 0.3 is 0 Å². The summed E-state index contributed by atoms with van der Waals surface area (Å²) in [5, 5.41) is 8.96. The number of allylic oxidation sites excluding steroid dienone is 1. The summed E-state index contributed by atoms with van der Waals surface area (Å²) in [5.41, 5.74) is 6.50. The van der Waals surface area contributed by atoms with Crippen LogP contribution in [-0.4, -0.2) is 17.1 Å². The van der Waals surface area contributed by atoms with Crippen molar-refractivity contribution in [3.8, 4) is 6.07 Å². The van der Waals surface area contributed by atoms with Gasteiger partial charge in [0.25, 0.3) is 0 Å². The number of amides is 2. The molecule has 0 spiro atoms. The van der Waals surface area contributed by atoms with Crippen molar-refractivity contribution in [1.29, 1.82) is 5.26 Å². The molecular formula is C18H12FN3O3S. The van der Waals surface area contributed by atoms with Crippen LogP contribution in [0.1, 0.15) is 11.7 Å². The first kappa shape index (κ1) is 16.4. The Bertz CT molecular complexity index is 963. The number of benzene rings is 1. The number of rotatable bonds is 2. The molecule has 4 rings (SSSR count). The third kappa shape index (κ3) is 2.32. The summed E-state index contributed by atoms with van der Waals surface area (Å²) in [5.74, 6) is -2.50. The third-order valence-corrected chi connectivity index (χ3v) is 5.76. The lowest BCUT2D eigenvalue weighted by Crippen LogP contribution is -2.33. The highest BCUT2D eigenvalue weighted by atomic mass is 32.2. The zero-order valence-corrected chi connectivity index (χ0v) is 14.1. The average molecular weight is 369 g/mol. The van der Waals surface area contributed by atoms with Gasteiger partial charge in [0.2, 0.25) is 11.8 Å². The van der Waals surface area contributed by atoms with Crippen LogP contribution in [0.25, 0.3) is 0 Å². The summed E-state index contributed by atoms with van der Waals surface area (Å²) in [4.78, 5) is 27.0. The number of carbonyl (C=O) groups excluding carboxylic acids is 2. The number of thioether (sulfide) groups is 1. The second-order valence-electron chi connectivity index (χ2n) is 5.94. The van der Waals surface area contributed by atoms with E-state index < -0.39 is 34.7 Å². The van der Waals surface area contributed by atoms with E-state index in [2.05, 4.69) is 0 Å². The smallest absolute Gasteiger partial charge is 0.248 e. The molecule has 3 heterocycles. The zero-order chi connectivity index (χ0) is 18.4. The topological polar surface area (TPSA) is 100 Å². The predicted molar refractivity (Wildman–Crippen MR) is 92.0 cm³/mol. The number of nitrogens with zero attached hydrogens (tertiary/aromatic N) is 2. The number of halogens is 1. The average Bonchev–Trinajstić information content (AvgIpc) is 3.23. The van der Waals surface area contributed by atoms with Crippen LogP contribution in [0.2, 0.25) is 0 Å². The van der Waals surface area contributed by atoms with Crippen LogP contribution in [0, 0.1) is 23.1 Å². The van der Waals surface area contributed by atoms with Gasteiger partial charge in [-0.25, -0.2) is 9.29 Å². The van der Waals surface area contributed by atoms with Crippen molar-refractivity contribution in [2.75, 3.05) is 4.90 Å². The number of carbonyl (C=O) groups is 2.